The summed E-state index contributed by atoms with van der Waals surface area (Å²) in [5, 5.41) is 5.48. The first-order valence-corrected chi connectivity index (χ1v) is 7.18. The van der Waals surface area contributed by atoms with Crippen molar-refractivity contribution in [2.24, 2.45) is 0 Å². The maximum absolute atomic E-state index is 11.6. The van der Waals surface area contributed by atoms with Crippen LogP contribution in [0.5, 0.6) is 0 Å². The number of carbonyl (C=O) groups excluding carboxylic acids is 2. The zero-order valence-corrected chi connectivity index (χ0v) is 13.3. The molecule has 1 aromatic rings. The SMILES string of the molecule is Cc1ccc(CCNC(=O)NCCC(=O)N(C)C)c(C)c1. The van der Waals surface area contributed by atoms with Gasteiger partial charge in [0.25, 0.3) is 0 Å². The second-order valence-corrected chi connectivity index (χ2v) is 5.40. The lowest BCUT2D eigenvalue weighted by atomic mass is 10.0. The summed E-state index contributed by atoms with van der Waals surface area (Å²) in [5.74, 6) is 0.00517. The normalized spacial score (nSPS) is 10.1. The van der Waals surface area contributed by atoms with Crippen LogP contribution in [0, 0.1) is 13.8 Å². The fourth-order valence-electron chi connectivity index (χ4n) is 2.01. The Hall–Kier alpha value is -2.04. The van der Waals surface area contributed by atoms with Gasteiger partial charge in [0, 0.05) is 33.6 Å². The Kier molecular flexibility index (Phi) is 6.72. The summed E-state index contributed by atoms with van der Waals surface area (Å²) < 4.78 is 0. The van der Waals surface area contributed by atoms with Crippen LogP contribution in [0.1, 0.15) is 23.1 Å². The lowest BCUT2D eigenvalue weighted by Gasteiger charge is -2.11. The molecule has 0 spiro atoms. The summed E-state index contributed by atoms with van der Waals surface area (Å²) in [5.41, 5.74) is 3.73. The van der Waals surface area contributed by atoms with E-state index in [1.54, 1.807) is 14.1 Å². The Labute approximate surface area is 126 Å². The number of benzene rings is 1. The molecule has 0 atom stereocenters. The van der Waals surface area contributed by atoms with Gasteiger partial charge in [-0.2, -0.15) is 0 Å². The van der Waals surface area contributed by atoms with Crippen molar-refractivity contribution in [2.45, 2.75) is 26.7 Å². The number of aryl methyl sites for hydroxylation is 2. The number of hydrogen-bond acceptors (Lipinski definition) is 2. The van der Waals surface area contributed by atoms with E-state index in [2.05, 4.69) is 42.7 Å². The van der Waals surface area contributed by atoms with Crippen LogP contribution in [0.15, 0.2) is 18.2 Å². The molecule has 0 fully saturated rings. The summed E-state index contributed by atoms with van der Waals surface area (Å²) in [4.78, 5) is 24.4. The quantitative estimate of drug-likeness (QED) is 0.836. The van der Waals surface area contributed by atoms with Crippen molar-refractivity contribution in [1.29, 1.82) is 0 Å². The fraction of sp³-hybridized carbons (Fsp3) is 0.500. The van der Waals surface area contributed by atoms with Gasteiger partial charge in [-0.15, -0.1) is 0 Å². The topological polar surface area (TPSA) is 61.4 Å². The molecular weight excluding hydrogens is 266 g/mol. The average molecular weight is 291 g/mol. The van der Waals surface area contributed by atoms with Crippen LogP contribution >= 0.6 is 0 Å². The van der Waals surface area contributed by atoms with E-state index in [0.717, 1.165) is 6.42 Å². The third-order valence-electron chi connectivity index (χ3n) is 3.30. The molecule has 5 nitrogen and oxygen atoms in total. The lowest BCUT2D eigenvalue weighted by Crippen LogP contribution is -2.38. The number of carbonyl (C=O) groups is 2. The zero-order chi connectivity index (χ0) is 15.8. The van der Waals surface area contributed by atoms with Crippen LogP contribution in [0.3, 0.4) is 0 Å². The molecule has 0 aromatic heterocycles. The molecule has 0 heterocycles. The van der Waals surface area contributed by atoms with Gasteiger partial charge in [0.05, 0.1) is 0 Å². The monoisotopic (exact) mass is 291 g/mol. The van der Waals surface area contributed by atoms with E-state index in [0.29, 0.717) is 19.5 Å². The van der Waals surface area contributed by atoms with E-state index in [1.165, 1.54) is 21.6 Å². The van der Waals surface area contributed by atoms with E-state index in [4.69, 9.17) is 0 Å². The molecule has 1 rings (SSSR count). The molecule has 0 saturated heterocycles. The Bertz CT molecular complexity index is 498. The number of urea groups is 1. The molecule has 21 heavy (non-hydrogen) atoms. The number of hydrogen-bond donors (Lipinski definition) is 2. The van der Waals surface area contributed by atoms with Crippen molar-refractivity contribution in [2.75, 3.05) is 27.2 Å². The molecule has 0 saturated carbocycles. The fourth-order valence-corrected chi connectivity index (χ4v) is 2.01. The Balaban J connectivity index is 2.23. The molecule has 0 aliphatic rings. The summed E-state index contributed by atoms with van der Waals surface area (Å²) in [6.07, 6.45) is 1.12. The van der Waals surface area contributed by atoms with Crippen molar-refractivity contribution < 1.29 is 9.59 Å². The van der Waals surface area contributed by atoms with Crippen LogP contribution in [-0.2, 0) is 11.2 Å². The summed E-state index contributed by atoms with van der Waals surface area (Å²) in [7, 11) is 3.40. The van der Waals surface area contributed by atoms with E-state index >= 15 is 0 Å². The summed E-state index contributed by atoms with van der Waals surface area (Å²) in [6, 6.07) is 6.09. The van der Waals surface area contributed by atoms with Crippen LogP contribution in [-0.4, -0.2) is 44.0 Å². The van der Waals surface area contributed by atoms with Gasteiger partial charge in [-0.25, -0.2) is 4.79 Å². The highest BCUT2D eigenvalue weighted by atomic mass is 16.2. The molecule has 116 valence electrons. The zero-order valence-electron chi connectivity index (χ0n) is 13.3. The number of nitrogens with zero attached hydrogens (tertiary/aromatic N) is 1. The van der Waals surface area contributed by atoms with Crippen molar-refractivity contribution >= 4 is 11.9 Å². The average Bonchev–Trinajstić information content (AvgIpc) is 2.41. The maximum atomic E-state index is 11.6. The van der Waals surface area contributed by atoms with E-state index in [-0.39, 0.29) is 11.9 Å². The van der Waals surface area contributed by atoms with E-state index < -0.39 is 0 Å². The first kappa shape index (κ1) is 17.0. The van der Waals surface area contributed by atoms with Crippen molar-refractivity contribution in [3.63, 3.8) is 0 Å². The van der Waals surface area contributed by atoms with Gasteiger partial charge in [-0.05, 0) is 31.4 Å². The van der Waals surface area contributed by atoms with Gasteiger partial charge in [-0.1, -0.05) is 23.8 Å². The van der Waals surface area contributed by atoms with Crippen molar-refractivity contribution in [1.82, 2.24) is 15.5 Å². The van der Waals surface area contributed by atoms with Gasteiger partial charge in [0.15, 0.2) is 0 Å². The van der Waals surface area contributed by atoms with Gasteiger partial charge in [0.1, 0.15) is 0 Å². The minimum atomic E-state index is -0.230. The number of amides is 3. The van der Waals surface area contributed by atoms with Crippen molar-refractivity contribution in [3.8, 4) is 0 Å². The third-order valence-corrected chi connectivity index (χ3v) is 3.30. The Morgan fingerprint density at radius 3 is 2.38 bits per heavy atom. The summed E-state index contributed by atoms with van der Waals surface area (Å²) in [6.45, 7) is 5.08. The minimum Gasteiger partial charge on any atom is -0.349 e. The molecule has 0 aliphatic carbocycles. The van der Waals surface area contributed by atoms with Crippen LogP contribution in [0.2, 0.25) is 0 Å². The highest BCUT2D eigenvalue weighted by molar-refractivity contribution is 5.77. The van der Waals surface area contributed by atoms with Crippen LogP contribution in [0.25, 0.3) is 0 Å². The van der Waals surface area contributed by atoms with Gasteiger partial charge in [-0.3, -0.25) is 4.79 Å². The van der Waals surface area contributed by atoms with Gasteiger partial charge < -0.3 is 15.5 Å². The van der Waals surface area contributed by atoms with Crippen LogP contribution in [0.4, 0.5) is 4.79 Å². The smallest absolute Gasteiger partial charge is 0.314 e. The number of rotatable bonds is 6. The summed E-state index contributed by atoms with van der Waals surface area (Å²) >= 11 is 0. The predicted molar refractivity (Wildman–Crippen MR) is 84.3 cm³/mol. The predicted octanol–water partition coefficient (Wildman–Crippen LogP) is 1.62. The number of nitrogens with one attached hydrogen (secondary N) is 2. The maximum Gasteiger partial charge on any atom is 0.314 e. The molecular formula is C16H25N3O2. The largest absolute Gasteiger partial charge is 0.349 e. The molecule has 0 radical (unpaired) electrons. The van der Waals surface area contributed by atoms with E-state index in [9.17, 15) is 9.59 Å². The molecule has 3 amide bonds. The molecule has 0 unspecified atom stereocenters. The van der Waals surface area contributed by atoms with Gasteiger partial charge >= 0.3 is 6.03 Å². The second-order valence-electron chi connectivity index (χ2n) is 5.40. The third kappa shape index (κ3) is 6.29. The molecule has 5 heteroatoms. The van der Waals surface area contributed by atoms with Crippen molar-refractivity contribution in [3.05, 3.63) is 34.9 Å². The molecule has 0 aliphatic heterocycles. The second kappa shape index (κ2) is 8.29. The highest BCUT2D eigenvalue weighted by Crippen LogP contribution is 2.10. The standard InChI is InChI=1S/C16H25N3O2/c1-12-5-6-14(13(2)11-12)7-9-17-16(21)18-10-8-15(20)19(3)4/h5-6,11H,7-10H2,1-4H3,(H2,17,18,21). The molecule has 0 bridgehead atoms. The van der Waals surface area contributed by atoms with E-state index in [1.807, 2.05) is 0 Å². The minimum absolute atomic E-state index is 0.00517. The van der Waals surface area contributed by atoms with Crippen LogP contribution < -0.4 is 10.6 Å². The first-order valence-electron chi connectivity index (χ1n) is 7.18. The Morgan fingerprint density at radius 1 is 1.10 bits per heavy atom. The lowest BCUT2D eigenvalue weighted by molar-refractivity contribution is -0.128. The highest BCUT2D eigenvalue weighted by Gasteiger charge is 2.05. The molecule has 1 aromatic carbocycles. The first-order chi connectivity index (χ1) is 9.90. The Morgan fingerprint density at radius 2 is 1.76 bits per heavy atom. The van der Waals surface area contributed by atoms with Gasteiger partial charge in [0.2, 0.25) is 5.91 Å². The molecule has 2 N–H and O–H groups in total.